The van der Waals surface area contributed by atoms with E-state index in [2.05, 4.69) is 14.9 Å². The summed E-state index contributed by atoms with van der Waals surface area (Å²) in [5.74, 6) is 0.402. The molecule has 0 aliphatic heterocycles. The lowest BCUT2D eigenvalue weighted by molar-refractivity contribution is 0.602. The van der Waals surface area contributed by atoms with Crippen molar-refractivity contribution >= 4 is 27.4 Å². The third-order valence-corrected chi connectivity index (χ3v) is 3.37. The Balaban J connectivity index is 2.78. The minimum Gasteiger partial charge on any atom is -0.267 e. The quantitative estimate of drug-likeness (QED) is 0.749. The molecule has 80 valence electrons. The number of aromatic nitrogens is 2. The van der Waals surface area contributed by atoms with Gasteiger partial charge in [0.2, 0.25) is 10.0 Å². The zero-order valence-electron chi connectivity index (χ0n) is 7.75. The van der Waals surface area contributed by atoms with Crippen molar-refractivity contribution in [2.24, 2.45) is 0 Å². The monoisotopic (exact) mass is 237 g/mol. The lowest BCUT2D eigenvalue weighted by Crippen LogP contribution is -2.18. The first-order valence-corrected chi connectivity index (χ1v) is 6.36. The molecule has 0 aromatic carbocycles. The summed E-state index contributed by atoms with van der Waals surface area (Å²) in [5.41, 5.74) is 0.836. The van der Waals surface area contributed by atoms with Crippen molar-refractivity contribution in [3.63, 3.8) is 0 Å². The van der Waals surface area contributed by atoms with Gasteiger partial charge in [-0.2, -0.15) is 5.10 Å². The molecule has 2 N–H and O–H groups in total. The molecule has 1 aromatic rings. The highest BCUT2D eigenvalue weighted by Gasteiger charge is 2.12. The van der Waals surface area contributed by atoms with Crippen molar-refractivity contribution in [3.8, 4) is 0 Å². The summed E-state index contributed by atoms with van der Waals surface area (Å²) in [7, 11) is -3.34. The highest BCUT2D eigenvalue weighted by atomic mass is 35.5. The van der Waals surface area contributed by atoms with Crippen molar-refractivity contribution in [2.75, 3.05) is 16.4 Å². The predicted octanol–water partition coefficient (Wildman–Crippen LogP) is 0.953. The van der Waals surface area contributed by atoms with Gasteiger partial charge in [-0.05, 0) is 6.42 Å². The Morgan fingerprint density at radius 2 is 2.36 bits per heavy atom. The van der Waals surface area contributed by atoms with Crippen LogP contribution in [-0.2, 0) is 16.4 Å². The number of nitrogens with zero attached hydrogens (tertiary/aromatic N) is 1. The molecule has 5 nitrogen and oxygen atoms in total. The number of anilines is 1. The Hall–Kier alpha value is -0.750. The highest BCUT2D eigenvalue weighted by molar-refractivity contribution is 7.92. The van der Waals surface area contributed by atoms with E-state index in [-0.39, 0.29) is 11.6 Å². The SMILES string of the molecule is CCc1cn[nH]c1NS(=O)(=O)CCCl. The van der Waals surface area contributed by atoms with E-state index in [9.17, 15) is 8.42 Å². The zero-order chi connectivity index (χ0) is 10.6. The number of hydrogen-bond acceptors (Lipinski definition) is 3. The molecule has 1 heterocycles. The maximum Gasteiger partial charge on any atom is 0.235 e. The topological polar surface area (TPSA) is 74.8 Å². The third-order valence-electron chi connectivity index (χ3n) is 1.70. The fraction of sp³-hybridized carbons (Fsp3) is 0.571. The van der Waals surface area contributed by atoms with E-state index in [4.69, 9.17) is 11.6 Å². The first-order valence-electron chi connectivity index (χ1n) is 4.17. The molecule has 0 amide bonds. The van der Waals surface area contributed by atoms with Gasteiger partial charge in [0, 0.05) is 11.4 Å². The average molecular weight is 238 g/mol. The predicted molar refractivity (Wildman–Crippen MR) is 56.1 cm³/mol. The summed E-state index contributed by atoms with van der Waals surface area (Å²) in [5, 5.41) is 6.34. The number of aromatic amines is 1. The largest absolute Gasteiger partial charge is 0.267 e. The Kier molecular flexibility index (Phi) is 3.77. The van der Waals surface area contributed by atoms with Crippen molar-refractivity contribution in [1.29, 1.82) is 0 Å². The maximum absolute atomic E-state index is 11.3. The van der Waals surface area contributed by atoms with Crippen LogP contribution in [0.25, 0.3) is 0 Å². The first kappa shape index (κ1) is 11.3. The summed E-state index contributed by atoms with van der Waals surface area (Å²) in [4.78, 5) is 0. The minimum atomic E-state index is -3.34. The van der Waals surface area contributed by atoms with E-state index in [0.717, 1.165) is 12.0 Å². The zero-order valence-corrected chi connectivity index (χ0v) is 9.32. The van der Waals surface area contributed by atoms with E-state index < -0.39 is 10.0 Å². The molecule has 0 saturated carbocycles. The fourth-order valence-corrected chi connectivity index (χ4v) is 2.38. The molecule has 0 fully saturated rings. The molecule has 0 aliphatic rings. The molecule has 0 bridgehead atoms. The maximum atomic E-state index is 11.3. The number of rotatable bonds is 5. The minimum absolute atomic E-state index is 0.0743. The van der Waals surface area contributed by atoms with E-state index in [1.807, 2.05) is 6.92 Å². The molecule has 0 radical (unpaired) electrons. The number of alkyl halides is 1. The van der Waals surface area contributed by atoms with Gasteiger partial charge in [-0.1, -0.05) is 6.92 Å². The van der Waals surface area contributed by atoms with Crippen molar-refractivity contribution in [1.82, 2.24) is 10.2 Å². The van der Waals surface area contributed by atoms with Gasteiger partial charge in [-0.25, -0.2) is 8.42 Å². The van der Waals surface area contributed by atoms with Gasteiger partial charge >= 0.3 is 0 Å². The van der Waals surface area contributed by atoms with Crippen LogP contribution < -0.4 is 4.72 Å². The van der Waals surface area contributed by atoms with Crippen molar-refractivity contribution in [2.45, 2.75) is 13.3 Å². The Labute approximate surface area is 87.9 Å². The standard InChI is InChI=1S/C7H12ClN3O2S/c1-2-6-5-9-10-7(6)11-14(12,13)4-3-8/h5H,2-4H2,1H3,(H2,9,10,11). The van der Waals surface area contributed by atoms with E-state index in [1.165, 1.54) is 0 Å². The summed E-state index contributed by atoms with van der Waals surface area (Å²) >= 11 is 5.35. The van der Waals surface area contributed by atoms with Crippen LogP contribution in [0.2, 0.25) is 0 Å². The molecule has 1 rings (SSSR count). The molecular weight excluding hydrogens is 226 g/mol. The van der Waals surface area contributed by atoms with Gasteiger partial charge in [0.05, 0.1) is 11.9 Å². The normalized spacial score (nSPS) is 11.6. The van der Waals surface area contributed by atoms with Gasteiger partial charge < -0.3 is 0 Å². The smallest absolute Gasteiger partial charge is 0.235 e. The lowest BCUT2D eigenvalue weighted by atomic mass is 10.3. The van der Waals surface area contributed by atoms with Crippen molar-refractivity contribution < 1.29 is 8.42 Å². The van der Waals surface area contributed by atoms with Gasteiger partial charge in [0.25, 0.3) is 0 Å². The summed E-state index contributed by atoms with van der Waals surface area (Å²) in [6.45, 7) is 1.92. The van der Waals surface area contributed by atoms with Gasteiger partial charge in [0.15, 0.2) is 0 Å². The number of aryl methyl sites for hydroxylation is 1. The summed E-state index contributed by atoms with van der Waals surface area (Å²) in [6, 6.07) is 0. The second-order valence-corrected chi connectivity index (χ2v) is 4.95. The number of H-pyrrole nitrogens is 1. The fourth-order valence-electron chi connectivity index (χ4n) is 0.976. The molecular formula is C7H12ClN3O2S. The number of hydrogen-bond donors (Lipinski definition) is 2. The molecule has 0 spiro atoms. The molecule has 0 atom stereocenters. The van der Waals surface area contributed by atoms with Crippen LogP contribution in [-0.4, -0.2) is 30.2 Å². The summed E-state index contributed by atoms with van der Waals surface area (Å²) < 4.78 is 25.0. The number of nitrogens with one attached hydrogen (secondary N) is 2. The van der Waals surface area contributed by atoms with Crippen LogP contribution in [0.5, 0.6) is 0 Å². The molecule has 0 saturated heterocycles. The average Bonchev–Trinajstić information content (AvgIpc) is 2.50. The molecule has 14 heavy (non-hydrogen) atoms. The van der Waals surface area contributed by atoms with Crippen molar-refractivity contribution in [3.05, 3.63) is 11.8 Å². The summed E-state index contributed by atoms with van der Waals surface area (Å²) in [6.07, 6.45) is 2.31. The molecule has 0 unspecified atom stereocenters. The van der Waals surface area contributed by atoms with E-state index >= 15 is 0 Å². The lowest BCUT2D eigenvalue weighted by Gasteiger charge is -2.05. The molecule has 1 aromatic heterocycles. The van der Waals surface area contributed by atoms with Crippen LogP contribution in [0.15, 0.2) is 6.20 Å². The van der Waals surface area contributed by atoms with Crippen LogP contribution in [0.4, 0.5) is 5.82 Å². The second kappa shape index (κ2) is 4.65. The Bertz CT molecular complexity index is 387. The van der Waals surface area contributed by atoms with Gasteiger partial charge in [-0.15, -0.1) is 11.6 Å². The number of halogens is 1. The van der Waals surface area contributed by atoms with Crippen LogP contribution in [0.3, 0.4) is 0 Å². The Morgan fingerprint density at radius 1 is 1.64 bits per heavy atom. The highest BCUT2D eigenvalue weighted by Crippen LogP contribution is 2.12. The number of sulfonamides is 1. The Morgan fingerprint density at radius 3 is 2.93 bits per heavy atom. The van der Waals surface area contributed by atoms with Gasteiger partial charge in [0.1, 0.15) is 5.82 Å². The van der Waals surface area contributed by atoms with Crippen LogP contribution >= 0.6 is 11.6 Å². The van der Waals surface area contributed by atoms with Gasteiger partial charge in [-0.3, -0.25) is 9.82 Å². The van der Waals surface area contributed by atoms with Crippen LogP contribution in [0.1, 0.15) is 12.5 Å². The third kappa shape index (κ3) is 2.88. The molecule has 7 heteroatoms. The first-order chi connectivity index (χ1) is 6.59. The second-order valence-electron chi connectivity index (χ2n) is 2.73. The van der Waals surface area contributed by atoms with E-state index in [1.54, 1.807) is 6.20 Å². The molecule has 0 aliphatic carbocycles. The van der Waals surface area contributed by atoms with E-state index in [0.29, 0.717) is 5.82 Å². The van der Waals surface area contributed by atoms with Crippen LogP contribution in [0, 0.1) is 0 Å².